The SMILES string of the molecule is CCOC(=O)[C@@H](N)[C@H](C(=O)O)C(C)C. The summed E-state index contributed by atoms with van der Waals surface area (Å²) >= 11 is 0. The number of hydrogen-bond donors (Lipinski definition) is 2. The summed E-state index contributed by atoms with van der Waals surface area (Å²) in [5.41, 5.74) is 5.49. The van der Waals surface area contributed by atoms with Crippen LogP contribution in [-0.2, 0) is 14.3 Å². The van der Waals surface area contributed by atoms with E-state index in [1.54, 1.807) is 20.8 Å². The van der Waals surface area contributed by atoms with Crippen molar-refractivity contribution in [3.8, 4) is 0 Å². The normalized spacial score (nSPS) is 14.9. The standard InChI is InChI=1S/C9H17NO4/c1-4-14-9(13)7(10)6(5(2)3)8(11)12/h5-7H,4,10H2,1-3H3,(H,11,12)/t6-,7+/m1/s1. The van der Waals surface area contributed by atoms with Gasteiger partial charge in [-0.05, 0) is 12.8 Å². The van der Waals surface area contributed by atoms with Crippen LogP contribution in [0.1, 0.15) is 20.8 Å². The van der Waals surface area contributed by atoms with Crippen LogP contribution in [0.4, 0.5) is 0 Å². The molecule has 14 heavy (non-hydrogen) atoms. The molecule has 0 amide bonds. The number of carboxylic acid groups (broad SMARTS) is 1. The highest BCUT2D eigenvalue weighted by Gasteiger charge is 2.34. The molecule has 0 saturated heterocycles. The Kier molecular flexibility index (Phi) is 5.15. The van der Waals surface area contributed by atoms with Gasteiger partial charge in [0.05, 0.1) is 12.5 Å². The van der Waals surface area contributed by atoms with Gasteiger partial charge in [0.15, 0.2) is 0 Å². The van der Waals surface area contributed by atoms with E-state index in [4.69, 9.17) is 10.8 Å². The molecular weight excluding hydrogens is 186 g/mol. The van der Waals surface area contributed by atoms with Gasteiger partial charge >= 0.3 is 11.9 Å². The van der Waals surface area contributed by atoms with Crippen LogP contribution in [0.25, 0.3) is 0 Å². The lowest BCUT2D eigenvalue weighted by molar-refractivity contribution is -0.154. The van der Waals surface area contributed by atoms with Gasteiger partial charge in [-0.25, -0.2) is 0 Å². The molecule has 82 valence electrons. The van der Waals surface area contributed by atoms with Crippen LogP contribution in [0.3, 0.4) is 0 Å². The number of carbonyl (C=O) groups is 2. The minimum Gasteiger partial charge on any atom is -0.481 e. The summed E-state index contributed by atoms with van der Waals surface area (Å²) in [5, 5.41) is 8.84. The third-order valence-corrected chi connectivity index (χ3v) is 1.95. The highest BCUT2D eigenvalue weighted by molar-refractivity contribution is 5.83. The molecule has 0 aromatic carbocycles. The fourth-order valence-electron chi connectivity index (χ4n) is 1.24. The average molecular weight is 203 g/mol. The van der Waals surface area contributed by atoms with E-state index in [0.717, 1.165) is 0 Å². The summed E-state index contributed by atoms with van der Waals surface area (Å²) in [6.45, 7) is 5.27. The summed E-state index contributed by atoms with van der Waals surface area (Å²) in [6.07, 6.45) is 0. The van der Waals surface area contributed by atoms with Crippen molar-refractivity contribution in [2.45, 2.75) is 26.8 Å². The van der Waals surface area contributed by atoms with Crippen LogP contribution < -0.4 is 5.73 Å². The van der Waals surface area contributed by atoms with E-state index in [1.807, 2.05) is 0 Å². The average Bonchev–Trinajstić information content (AvgIpc) is 2.03. The van der Waals surface area contributed by atoms with Gasteiger partial charge in [0.25, 0.3) is 0 Å². The summed E-state index contributed by atoms with van der Waals surface area (Å²) < 4.78 is 4.66. The lowest BCUT2D eigenvalue weighted by Gasteiger charge is -2.21. The lowest BCUT2D eigenvalue weighted by Crippen LogP contribution is -2.45. The second-order valence-corrected chi connectivity index (χ2v) is 3.39. The van der Waals surface area contributed by atoms with Crippen molar-refractivity contribution < 1.29 is 19.4 Å². The molecular formula is C9H17NO4. The second-order valence-electron chi connectivity index (χ2n) is 3.39. The first kappa shape index (κ1) is 12.9. The van der Waals surface area contributed by atoms with Crippen LogP contribution in [0.15, 0.2) is 0 Å². The first-order chi connectivity index (χ1) is 6.41. The molecule has 3 N–H and O–H groups in total. The molecule has 0 aliphatic heterocycles. The molecule has 0 aliphatic carbocycles. The van der Waals surface area contributed by atoms with Crippen molar-refractivity contribution in [2.75, 3.05) is 6.61 Å². The Balaban J connectivity index is 4.51. The van der Waals surface area contributed by atoms with Crippen LogP contribution in [-0.4, -0.2) is 29.7 Å². The maximum absolute atomic E-state index is 11.2. The van der Waals surface area contributed by atoms with Crippen molar-refractivity contribution >= 4 is 11.9 Å². The number of aliphatic carboxylic acids is 1. The Bertz CT molecular complexity index is 215. The summed E-state index contributed by atoms with van der Waals surface area (Å²) in [6, 6.07) is -1.09. The van der Waals surface area contributed by atoms with E-state index in [9.17, 15) is 9.59 Å². The lowest BCUT2D eigenvalue weighted by atomic mass is 9.89. The zero-order valence-electron chi connectivity index (χ0n) is 8.69. The largest absolute Gasteiger partial charge is 0.481 e. The van der Waals surface area contributed by atoms with Gasteiger partial charge in [0.1, 0.15) is 6.04 Å². The molecule has 0 bridgehead atoms. The van der Waals surface area contributed by atoms with Crippen molar-refractivity contribution in [1.29, 1.82) is 0 Å². The van der Waals surface area contributed by atoms with Gasteiger partial charge in [-0.1, -0.05) is 13.8 Å². The number of carboxylic acids is 1. The molecule has 5 nitrogen and oxygen atoms in total. The van der Waals surface area contributed by atoms with Crippen LogP contribution in [0.5, 0.6) is 0 Å². The number of carbonyl (C=O) groups excluding carboxylic acids is 1. The minimum atomic E-state index is -1.09. The monoisotopic (exact) mass is 203 g/mol. The van der Waals surface area contributed by atoms with Crippen LogP contribution >= 0.6 is 0 Å². The van der Waals surface area contributed by atoms with E-state index in [1.165, 1.54) is 0 Å². The summed E-state index contributed by atoms with van der Waals surface area (Å²) in [7, 11) is 0. The molecule has 2 atom stereocenters. The van der Waals surface area contributed by atoms with Crippen LogP contribution in [0.2, 0.25) is 0 Å². The highest BCUT2D eigenvalue weighted by Crippen LogP contribution is 2.15. The molecule has 0 spiro atoms. The van der Waals surface area contributed by atoms with E-state index < -0.39 is 23.9 Å². The fraction of sp³-hybridized carbons (Fsp3) is 0.778. The summed E-state index contributed by atoms with van der Waals surface area (Å²) in [4.78, 5) is 22.0. The molecule has 0 saturated carbocycles. The predicted molar refractivity (Wildman–Crippen MR) is 50.6 cm³/mol. The Morgan fingerprint density at radius 1 is 1.43 bits per heavy atom. The van der Waals surface area contributed by atoms with Gasteiger partial charge in [-0.15, -0.1) is 0 Å². The molecule has 0 aliphatic rings. The maximum Gasteiger partial charge on any atom is 0.323 e. The second kappa shape index (κ2) is 5.59. The molecule has 0 fully saturated rings. The zero-order valence-corrected chi connectivity index (χ0v) is 8.69. The third-order valence-electron chi connectivity index (χ3n) is 1.95. The Morgan fingerprint density at radius 2 is 1.93 bits per heavy atom. The van der Waals surface area contributed by atoms with Crippen molar-refractivity contribution in [2.24, 2.45) is 17.6 Å². The molecule has 5 heteroatoms. The number of rotatable bonds is 5. The van der Waals surface area contributed by atoms with Gasteiger partial charge in [0, 0.05) is 0 Å². The smallest absolute Gasteiger partial charge is 0.323 e. The topological polar surface area (TPSA) is 89.6 Å². The number of nitrogens with two attached hydrogens (primary N) is 1. The van der Waals surface area contributed by atoms with E-state index in [2.05, 4.69) is 4.74 Å². The van der Waals surface area contributed by atoms with Crippen molar-refractivity contribution in [3.63, 3.8) is 0 Å². The first-order valence-corrected chi connectivity index (χ1v) is 4.56. The first-order valence-electron chi connectivity index (χ1n) is 4.56. The van der Waals surface area contributed by atoms with Crippen molar-refractivity contribution in [3.05, 3.63) is 0 Å². The number of hydrogen-bond acceptors (Lipinski definition) is 4. The molecule has 0 rings (SSSR count). The fourth-order valence-corrected chi connectivity index (χ4v) is 1.24. The minimum absolute atomic E-state index is 0.202. The Labute approximate surface area is 83.2 Å². The molecule has 0 radical (unpaired) electrons. The predicted octanol–water partition coefficient (Wildman–Crippen LogP) is 0.234. The molecule has 0 heterocycles. The Hall–Kier alpha value is -1.10. The van der Waals surface area contributed by atoms with E-state index in [0.29, 0.717) is 0 Å². The number of ether oxygens (including phenoxy) is 1. The van der Waals surface area contributed by atoms with E-state index >= 15 is 0 Å². The van der Waals surface area contributed by atoms with E-state index in [-0.39, 0.29) is 12.5 Å². The molecule has 0 aromatic heterocycles. The van der Waals surface area contributed by atoms with Gasteiger partial charge in [-0.2, -0.15) is 0 Å². The third kappa shape index (κ3) is 3.33. The van der Waals surface area contributed by atoms with Gasteiger partial charge in [0.2, 0.25) is 0 Å². The quantitative estimate of drug-likeness (QED) is 0.624. The maximum atomic E-state index is 11.2. The highest BCUT2D eigenvalue weighted by atomic mass is 16.5. The number of esters is 1. The molecule has 0 aromatic rings. The molecule has 0 unspecified atom stereocenters. The Morgan fingerprint density at radius 3 is 2.21 bits per heavy atom. The van der Waals surface area contributed by atoms with Gasteiger partial charge in [-0.3, -0.25) is 9.59 Å². The zero-order chi connectivity index (χ0) is 11.3. The van der Waals surface area contributed by atoms with Gasteiger partial charge < -0.3 is 15.6 Å². The van der Waals surface area contributed by atoms with Crippen molar-refractivity contribution in [1.82, 2.24) is 0 Å². The van der Waals surface area contributed by atoms with Crippen LogP contribution in [0, 0.1) is 11.8 Å². The summed E-state index contributed by atoms with van der Waals surface area (Å²) in [5.74, 6) is -2.82.